The van der Waals surface area contributed by atoms with Gasteiger partial charge in [-0.2, -0.15) is 0 Å². The topological polar surface area (TPSA) is 20.2 Å². The van der Waals surface area contributed by atoms with Crippen molar-refractivity contribution in [1.29, 1.82) is 0 Å². The molecule has 0 saturated heterocycles. The van der Waals surface area contributed by atoms with E-state index in [4.69, 9.17) is 5.11 Å². The van der Waals surface area contributed by atoms with Crippen LogP contribution < -0.4 is 0 Å². The fraction of sp³-hybridized carbons (Fsp3) is 1.00. The van der Waals surface area contributed by atoms with Crippen molar-refractivity contribution in [3.8, 4) is 0 Å². The van der Waals surface area contributed by atoms with Crippen LogP contribution in [0.25, 0.3) is 0 Å². The Bertz CT molecular complexity index is 8.00. The average Bonchev–Trinajstić information content (AvgIpc) is 1.37. The van der Waals surface area contributed by atoms with E-state index in [2.05, 4.69) is 0 Å². The quantitative estimate of drug-likeness (QED) is 0.513. The molecule has 0 aliphatic heterocycles. The van der Waals surface area contributed by atoms with Crippen molar-refractivity contribution in [2.45, 2.75) is 4.37 Å². The van der Waals surface area contributed by atoms with Gasteiger partial charge < -0.3 is 0 Å². The summed E-state index contributed by atoms with van der Waals surface area (Å²) in [5.74, 6) is 0. The standard InChI is InChI=1S/C2H5O.Sb.H/c1-2-3;;/h3H,1-2H2;;. The Labute approximate surface area is 39.5 Å². The minimum atomic E-state index is 0.359. The van der Waals surface area contributed by atoms with Gasteiger partial charge >= 0.3 is 39.1 Å². The van der Waals surface area contributed by atoms with Crippen molar-refractivity contribution in [1.82, 2.24) is 0 Å². The van der Waals surface area contributed by atoms with E-state index < -0.39 is 0 Å². The zero-order valence-electron chi connectivity index (χ0n) is 2.36. The second kappa shape index (κ2) is 3.78. The van der Waals surface area contributed by atoms with Crippen molar-refractivity contribution in [3.63, 3.8) is 0 Å². The first-order valence-corrected chi connectivity index (χ1v) is 3.19. The molecule has 0 aromatic rings. The third kappa shape index (κ3) is 2.78. The molecule has 0 unspecified atom stereocenters. The van der Waals surface area contributed by atoms with Crippen molar-refractivity contribution < 1.29 is 5.11 Å². The Morgan fingerprint density at radius 2 is 2.00 bits per heavy atom. The molecule has 0 saturated carbocycles. The molecule has 1 radical (unpaired) electrons. The fourth-order valence-electron chi connectivity index (χ4n) is 0. The van der Waals surface area contributed by atoms with E-state index in [-0.39, 0.29) is 0 Å². The fourth-order valence-corrected chi connectivity index (χ4v) is 0. The summed E-state index contributed by atoms with van der Waals surface area (Å²) < 4.78 is 0.965. The van der Waals surface area contributed by atoms with Crippen LogP contribution in [0.3, 0.4) is 0 Å². The Hall–Kier alpha value is 0.778. The molecule has 0 aromatic carbocycles. The third-order valence-electron chi connectivity index (χ3n) is 0.112. The van der Waals surface area contributed by atoms with E-state index in [9.17, 15) is 0 Å². The van der Waals surface area contributed by atoms with Crippen molar-refractivity contribution in [3.05, 3.63) is 0 Å². The predicted octanol–water partition coefficient (Wildman–Crippen LogP) is -0.702. The molecule has 0 amide bonds. The summed E-state index contributed by atoms with van der Waals surface area (Å²) in [5.41, 5.74) is 0. The van der Waals surface area contributed by atoms with Crippen LogP contribution in [-0.2, 0) is 0 Å². The van der Waals surface area contributed by atoms with Crippen molar-refractivity contribution in [2.75, 3.05) is 6.61 Å². The van der Waals surface area contributed by atoms with E-state index in [0.29, 0.717) is 6.61 Å². The molecular formula is C2H6OSb. The van der Waals surface area contributed by atoms with Gasteiger partial charge in [0, 0.05) is 0 Å². The summed E-state index contributed by atoms with van der Waals surface area (Å²) in [6.45, 7) is 0.359. The SMILES string of the molecule is OC[CH2][SbH]. The molecule has 4 heavy (non-hydrogen) atoms. The summed E-state index contributed by atoms with van der Waals surface area (Å²) in [4.78, 5) is 0. The summed E-state index contributed by atoms with van der Waals surface area (Å²) in [5, 5.41) is 7.90. The Morgan fingerprint density at radius 3 is 2.00 bits per heavy atom. The van der Waals surface area contributed by atoms with E-state index >= 15 is 0 Å². The second-order valence-corrected chi connectivity index (χ2v) is 1.90. The van der Waals surface area contributed by atoms with Gasteiger partial charge in [0.25, 0.3) is 0 Å². The first-order chi connectivity index (χ1) is 1.91. The first kappa shape index (κ1) is 4.78. The maximum absolute atomic E-state index is 7.90. The molecule has 1 nitrogen and oxygen atoms in total. The number of hydrogen-bond acceptors (Lipinski definition) is 1. The van der Waals surface area contributed by atoms with Gasteiger partial charge in [0.1, 0.15) is 0 Å². The van der Waals surface area contributed by atoms with E-state index in [1.54, 1.807) is 0 Å². The molecule has 0 aliphatic rings. The van der Waals surface area contributed by atoms with Crippen LogP contribution in [0, 0.1) is 0 Å². The molecule has 0 atom stereocenters. The molecule has 0 aromatic heterocycles. The van der Waals surface area contributed by atoms with E-state index in [1.807, 2.05) is 0 Å². The van der Waals surface area contributed by atoms with Crippen molar-refractivity contribution in [2.24, 2.45) is 0 Å². The summed E-state index contributed by atoms with van der Waals surface area (Å²) >= 11 is 1.42. The van der Waals surface area contributed by atoms with Gasteiger partial charge in [-0.25, -0.2) is 0 Å². The molecule has 0 rings (SSSR count). The van der Waals surface area contributed by atoms with Crippen LogP contribution in [0.2, 0.25) is 4.37 Å². The molecule has 1 N–H and O–H groups in total. The molecule has 2 heteroatoms. The Morgan fingerprint density at radius 1 is 1.75 bits per heavy atom. The van der Waals surface area contributed by atoms with Gasteiger partial charge in [-0.3, -0.25) is 0 Å². The number of aliphatic hydroxyl groups excluding tert-OH is 1. The van der Waals surface area contributed by atoms with Gasteiger partial charge in [-0.1, -0.05) is 0 Å². The van der Waals surface area contributed by atoms with Gasteiger partial charge in [0.15, 0.2) is 0 Å². The summed E-state index contributed by atoms with van der Waals surface area (Å²) in [6, 6.07) is 0. The minimum absolute atomic E-state index is 0.359. The molecule has 0 spiro atoms. The van der Waals surface area contributed by atoms with Crippen LogP contribution in [0.1, 0.15) is 0 Å². The summed E-state index contributed by atoms with van der Waals surface area (Å²) in [7, 11) is 0. The zero-order chi connectivity index (χ0) is 3.41. The summed E-state index contributed by atoms with van der Waals surface area (Å²) in [6.07, 6.45) is 0. The normalized spacial score (nSPS) is 7.50. The number of rotatable bonds is 1. The van der Waals surface area contributed by atoms with E-state index in [0.717, 1.165) is 4.37 Å². The van der Waals surface area contributed by atoms with Gasteiger partial charge in [-0.05, 0) is 0 Å². The van der Waals surface area contributed by atoms with Crippen molar-refractivity contribution >= 4 is 23.0 Å². The molecule has 25 valence electrons. The predicted molar refractivity (Wildman–Crippen MR) is 19.0 cm³/mol. The molecular weight excluding hydrogens is 162 g/mol. The Balaban J connectivity index is 1.97. The first-order valence-electron chi connectivity index (χ1n) is 1.17. The Kier molecular flexibility index (Phi) is 4.51. The molecule has 0 bridgehead atoms. The van der Waals surface area contributed by atoms with Gasteiger partial charge in [0.05, 0.1) is 0 Å². The average molecular weight is 168 g/mol. The van der Waals surface area contributed by atoms with E-state index in [1.165, 1.54) is 23.0 Å². The third-order valence-corrected chi connectivity index (χ3v) is 0.750. The van der Waals surface area contributed by atoms with Crippen LogP contribution in [0.5, 0.6) is 0 Å². The monoisotopic (exact) mass is 167 g/mol. The van der Waals surface area contributed by atoms with Gasteiger partial charge in [-0.15, -0.1) is 0 Å². The molecule has 0 aliphatic carbocycles. The number of hydrogen-bond donors (Lipinski definition) is 1. The maximum atomic E-state index is 7.90. The second-order valence-electron chi connectivity index (χ2n) is 0.474. The van der Waals surface area contributed by atoms with Gasteiger partial charge in [0.2, 0.25) is 0 Å². The number of aliphatic hydroxyl groups is 1. The molecule has 0 heterocycles. The van der Waals surface area contributed by atoms with Crippen LogP contribution in [0.4, 0.5) is 0 Å². The van der Waals surface area contributed by atoms with Crippen LogP contribution in [0.15, 0.2) is 0 Å². The van der Waals surface area contributed by atoms with Crippen LogP contribution in [-0.4, -0.2) is 34.7 Å². The zero-order valence-corrected chi connectivity index (χ0v) is 5.22. The molecule has 0 fully saturated rings. The van der Waals surface area contributed by atoms with Crippen LogP contribution >= 0.6 is 0 Å².